The Hall–Kier alpha value is -1.85. The largest absolute Gasteiger partial charge is 0.730 e. The Kier molecular flexibility index (Phi) is 5.98. The zero-order valence-electron chi connectivity index (χ0n) is 18.4. The molecule has 4 rings (SSSR count). The molecule has 0 bridgehead atoms. The number of hydrogen-bond donors (Lipinski definition) is 1. The standard InChI is InChI=1S/C22H28F3NO6S/c1-12(27)26(33(29,30)31)18-9-13-3-4-15-14(7-8-21(2)17(15)5-6-20(21)28)16(13)10-19(18)32-11-22(23,24)25/h9-10,14-15,17,20,28H,3-8,11H2,1-2H3,(H,29,30,31)/p-1/t14-,15+,17-,20-,21-/m0/s1. The highest BCUT2D eigenvalue weighted by atomic mass is 32.2. The lowest BCUT2D eigenvalue weighted by atomic mass is 9.55. The van der Waals surface area contributed by atoms with Crippen LogP contribution in [0.25, 0.3) is 0 Å². The van der Waals surface area contributed by atoms with Gasteiger partial charge < -0.3 is 14.4 Å². The number of halogens is 3. The molecule has 0 aliphatic heterocycles. The molecule has 11 heteroatoms. The number of alkyl halides is 3. The van der Waals surface area contributed by atoms with Gasteiger partial charge in [-0.05, 0) is 85.0 Å². The molecule has 5 atom stereocenters. The van der Waals surface area contributed by atoms with Crippen molar-refractivity contribution in [2.75, 3.05) is 10.9 Å². The zero-order chi connectivity index (χ0) is 24.3. The third kappa shape index (κ3) is 4.35. The second-order valence-corrected chi connectivity index (χ2v) is 10.9. The van der Waals surface area contributed by atoms with Gasteiger partial charge in [0.15, 0.2) is 16.9 Å². The minimum absolute atomic E-state index is 0.0223. The van der Waals surface area contributed by atoms with Crippen molar-refractivity contribution in [1.82, 2.24) is 0 Å². The molecule has 2 saturated carbocycles. The van der Waals surface area contributed by atoms with Crippen LogP contribution in [0.15, 0.2) is 12.1 Å². The molecule has 184 valence electrons. The van der Waals surface area contributed by atoms with Gasteiger partial charge in [0.05, 0.1) is 6.10 Å². The van der Waals surface area contributed by atoms with Crippen LogP contribution in [0.5, 0.6) is 5.75 Å². The fourth-order valence-corrected chi connectivity index (χ4v) is 7.14. The summed E-state index contributed by atoms with van der Waals surface area (Å²) in [5, 5.41) is 10.5. The molecular weight excluding hydrogens is 463 g/mol. The molecule has 1 amide bonds. The van der Waals surface area contributed by atoms with E-state index in [0.717, 1.165) is 44.6 Å². The van der Waals surface area contributed by atoms with Crippen LogP contribution in [0, 0.1) is 17.3 Å². The van der Waals surface area contributed by atoms with Crippen LogP contribution in [-0.2, 0) is 21.5 Å². The summed E-state index contributed by atoms with van der Waals surface area (Å²) >= 11 is 0. The number of benzene rings is 1. The van der Waals surface area contributed by atoms with Crippen LogP contribution >= 0.6 is 0 Å². The number of hydrogen-bond acceptors (Lipinski definition) is 6. The summed E-state index contributed by atoms with van der Waals surface area (Å²) in [5.74, 6) is -1.05. The van der Waals surface area contributed by atoms with E-state index in [1.165, 1.54) is 12.1 Å². The lowest BCUT2D eigenvalue weighted by Gasteiger charge is -2.50. The van der Waals surface area contributed by atoms with Crippen LogP contribution in [0.3, 0.4) is 0 Å². The number of aliphatic hydroxyl groups excluding tert-OH is 1. The Balaban J connectivity index is 1.78. The summed E-state index contributed by atoms with van der Waals surface area (Å²) in [4.78, 5) is 12.0. The summed E-state index contributed by atoms with van der Waals surface area (Å²) < 4.78 is 78.8. The normalized spacial score (nSPS) is 31.4. The quantitative estimate of drug-likeness (QED) is 0.646. The summed E-state index contributed by atoms with van der Waals surface area (Å²) in [6.07, 6.45) is -0.650. The maximum atomic E-state index is 12.9. The number of fused-ring (bicyclic) bond motifs is 5. The van der Waals surface area contributed by atoms with E-state index in [2.05, 4.69) is 6.92 Å². The molecule has 0 aromatic heterocycles. The molecule has 0 heterocycles. The van der Waals surface area contributed by atoms with Gasteiger partial charge in [-0.2, -0.15) is 13.2 Å². The van der Waals surface area contributed by atoms with Crippen LogP contribution in [-0.4, -0.2) is 42.9 Å². The Morgan fingerprint density at radius 2 is 1.97 bits per heavy atom. The Morgan fingerprint density at radius 1 is 1.27 bits per heavy atom. The van der Waals surface area contributed by atoms with Crippen molar-refractivity contribution >= 4 is 21.9 Å². The summed E-state index contributed by atoms with van der Waals surface area (Å²) in [5.41, 5.74) is 0.789. The van der Waals surface area contributed by atoms with Crippen molar-refractivity contribution in [2.45, 2.75) is 70.6 Å². The number of ether oxygens (including phenoxy) is 1. The molecule has 1 aromatic rings. The fourth-order valence-electron chi connectivity index (χ4n) is 6.44. The minimum Gasteiger partial charge on any atom is -0.730 e. The lowest BCUT2D eigenvalue weighted by Crippen LogP contribution is -2.44. The van der Waals surface area contributed by atoms with Gasteiger partial charge in [-0.3, -0.25) is 4.79 Å². The van der Waals surface area contributed by atoms with Gasteiger partial charge in [0, 0.05) is 6.92 Å². The van der Waals surface area contributed by atoms with Gasteiger partial charge in [-0.1, -0.05) is 6.92 Å². The molecular formula is C22H27F3NO6S-. The van der Waals surface area contributed by atoms with E-state index in [9.17, 15) is 36.0 Å². The molecule has 0 radical (unpaired) electrons. The molecule has 0 unspecified atom stereocenters. The first kappa shape index (κ1) is 24.3. The highest BCUT2D eigenvalue weighted by Crippen LogP contribution is 2.61. The maximum Gasteiger partial charge on any atom is 0.422 e. The van der Waals surface area contributed by atoms with Gasteiger partial charge in [0.25, 0.3) is 0 Å². The Labute approximate surface area is 190 Å². The Bertz CT molecular complexity index is 1060. The first-order valence-electron chi connectivity index (χ1n) is 11.0. The number of rotatable bonds is 4. The predicted molar refractivity (Wildman–Crippen MR) is 111 cm³/mol. The molecule has 1 N–H and O–H groups in total. The SMILES string of the molecule is CC(=O)N(c1cc2c(cc1OCC(F)(F)F)[C@H]1CC[C@]3(C)[C@@H](O)CC[C@H]3[C@@H]1CC2)S(=O)(=O)[O-]. The number of nitrogens with zero attached hydrogens (tertiary/aromatic N) is 1. The van der Waals surface area contributed by atoms with Gasteiger partial charge >= 0.3 is 6.18 Å². The van der Waals surface area contributed by atoms with E-state index >= 15 is 0 Å². The van der Waals surface area contributed by atoms with Crippen molar-refractivity contribution in [1.29, 1.82) is 0 Å². The molecule has 0 saturated heterocycles. The summed E-state index contributed by atoms with van der Waals surface area (Å²) in [7, 11) is -5.32. The topological polar surface area (TPSA) is 107 Å². The molecule has 7 nitrogen and oxygen atoms in total. The maximum absolute atomic E-state index is 12.9. The number of carbonyl (C=O) groups excluding carboxylic acids is 1. The fraction of sp³-hybridized carbons (Fsp3) is 0.682. The highest BCUT2D eigenvalue weighted by Gasteiger charge is 2.54. The number of amides is 1. The number of anilines is 1. The van der Waals surface area contributed by atoms with Crippen LogP contribution in [0.1, 0.15) is 63.0 Å². The monoisotopic (exact) mass is 490 g/mol. The Morgan fingerprint density at radius 3 is 2.58 bits per heavy atom. The molecule has 33 heavy (non-hydrogen) atoms. The van der Waals surface area contributed by atoms with E-state index in [1.807, 2.05) is 0 Å². The number of carbonyl (C=O) groups is 1. The highest BCUT2D eigenvalue weighted by molar-refractivity contribution is 7.88. The lowest BCUT2D eigenvalue weighted by molar-refractivity contribution is -0.153. The summed E-state index contributed by atoms with van der Waals surface area (Å²) in [6, 6.07) is 2.69. The molecule has 3 aliphatic rings. The van der Waals surface area contributed by atoms with E-state index in [-0.39, 0.29) is 33.6 Å². The molecule has 0 spiro atoms. The molecule has 2 fully saturated rings. The second-order valence-electron chi connectivity index (χ2n) is 9.72. The first-order chi connectivity index (χ1) is 15.2. The zero-order valence-corrected chi connectivity index (χ0v) is 19.2. The third-order valence-corrected chi connectivity index (χ3v) is 8.78. The third-order valence-electron chi connectivity index (χ3n) is 7.87. The van der Waals surface area contributed by atoms with Gasteiger partial charge in [-0.25, -0.2) is 12.7 Å². The number of aryl methyl sites for hydroxylation is 1. The van der Waals surface area contributed by atoms with E-state index in [1.54, 1.807) is 0 Å². The van der Waals surface area contributed by atoms with Gasteiger partial charge in [-0.15, -0.1) is 0 Å². The first-order valence-corrected chi connectivity index (χ1v) is 12.4. The summed E-state index contributed by atoms with van der Waals surface area (Å²) in [6.45, 7) is 1.27. The van der Waals surface area contributed by atoms with Crippen molar-refractivity contribution in [3.8, 4) is 5.75 Å². The van der Waals surface area contributed by atoms with E-state index < -0.39 is 40.4 Å². The van der Waals surface area contributed by atoms with Crippen molar-refractivity contribution in [3.05, 3.63) is 23.3 Å². The van der Waals surface area contributed by atoms with E-state index in [4.69, 9.17) is 4.74 Å². The predicted octanol–water partition coefficient (Wildman–Crippen LogP) is 3.66. The van der Waals surface area contributed by atoms with Gasteiger partial charge in [0.1, 0.15) is 11.4 Å². The van der Waals surface area contributed by atoms with Crippen molar-refractivity contribution in [2.24, 2.45) is 17.3 Å². The smallest absolute Gasteiger partial charge is 0.422 e. The number of aliphatic hydroxyl groups is 1. The van der Waals surface area contributed by atoms with Crippen molar-refractivity contribution < 1.29 is 40.8 Å². The average Bonchev–Trinajstić information content (AvgIpc) is 2.99. The van der Waals surface area contributed by atoms with Crippen molar-refractivity contribution in [3.63, 3.8) is 0 Å². The molecule has 1 aromatic carbocycles. The minimum atomic E-state index is -5.32. The van der Waals surface area contributed by atoms with Crippen LogP contribution in [0.4, 0.5) is 18.9 Å². The average molecular weight is 491 g/mol. The molecule has 3 aliphatic carbocycles. The van der Waals surface area contributed by atoms with E-state index in [0.29, 0.717) is 12.0 Å². The van der Waals surface area contributed by atoms with Gasteiger partial charge in [0.2, 0.25) is 5.91 Å². The second kappa shape index (κ2) is 8.13. The van der Waals surface area contributed by atoms with Crippen LogP contribution in [0.2, 0.25) is 0 Å². The van der Waals surface area contributed by atoms with Crippen LogP contribution < -0.4 is 9.04 Å².